The van der Waals surface area contributed by atoms with Gasteiger partial charge in [0.05, 0.1) is 17.9 Å². The average molecular weight is 439 g/mol. The maximum Gasteiger partial charge on any atom is 0.248 e. The van der Waals surface area contributed by atoms with Crippen LogP contribution in [0.2, 0.25) is 0 Å². The third-order valence-corrected chi connectivity index (χ3v) is 8.18. The van der Waals surface area contributed by atoms with Crippen LogP contribution in [0.3, 0.4) is 0 Å². The van der Waals surface area contributed by atoms with E-state index >= 15 is 0 Å². The van der Waals surface area contributed by atoms with Gasteiger partial charge in [-0.3, -0.25) is 14.4 Å². The van der Waals surface area contributed by atoms with Crippen LogP contribution in [0.1, 0.15) is 68.1 Å². The molecule has 0 aromatic heterocycles. The number of primary amides is 1. The third kappa shape index (κ3) is 4.09. The first-order valence-corrected chi connectivity index (χ1v) is 12.2. The molecule has 4 N–H and O–H groups in total. The number of anilines is 2. The first kappa shape index (κ1) is 21.3. The number of amides is 3. The van der Waals surface area contributed by atoms with Crippen LogP contribution in [0.25, 0.3) is 0 Å². The van der Waals surface area contributed by atoms with E-state index in [-0.39, 0.29) is 23.8 Å². The van der Waals surface area contributed by atoms with E-state index in [1.807, 2.05) is 6.07 Å². The smallest absolute Gasteiger partial charge is 0.248 e. The molecule has 0 unspecified atom stereocenters. The molecular weight excluding hydrogens is 404 g/mol. The minimum atomic E-state index is -0.527. The Hall–Kier alpha value is -2.57. The number of piperidine rings is 1. The van der Waals surface area contributed by atoms with Crippen LogP contribution in [0.15, 0.2) is 18.2 Å². The number of benzene rings is 1. The molecule has 4 aliphatic carbocycles. The molecule has 1 saturated heterocycles. The summed E-state index contributed by atoms with van der Waals surface area (Å²) >= 11 is 0. The second kappa shape index (κ2) is 8.41. The van der Waals surface area contributed by atoms with Gasteiger partial charge in [-0.25, -0.2) is 0 Å². The molecule has 0 atom stereocenters. The molecule has 0 radical (unpaired) electrons. The fourth-order valence-electron chi connectivity index (χ4n) is 7.13. The molecule has 6 rings (SSSR count). The van der Waals surface area contributed by atoms with Gasteiger partial charge in [-0.1, -0.05) is 0 Å². The molecule has 1 aliphatic heterocycles. The van der Waals surface area contributed by atoms with Gasteiger partial charge in [0.2, 0.25) is 17.7 Å². The molecule has 32 heavy (non-hydrogen) atoms. The lowest BCUT2D eigenvalue weighted by Crippen LogP contribution is -2.54. The maximum absolute atomic E-state index is 13.2. The van der Waals surface area contributed by atoms with E-state index in [9.17, 15) is 14.4 Å². The fourth-order valence-corrected chi connectivity index (χ4v) is 7.13. The Morgan fingerprint density at radius 3 is 2.19 bits per heavy atom. The zero-order valence-corrected chi connectivity index (χ0v) is 18.7. The number of hydrogen-bond donors (Lipinski definition) is 3. The summed E-state index contributed by atoms with van der Waals surface area (Å²) in [6, 6.07) is 5.21. The van der Waals surface area contributed by atoms with Crippen LogP contribution < -0.4 is 21.3 Å². The normalized spacial score (nSPS) is 30.8. The summed E-state index contributed by atoms with van der Waals surface area (Å²) in [5.41, 5.74) is 7.04. The average Bonchev–Trinajstić information content (AvgIpc) is 2.77. The molecule has 5 fully saturated rings. The Bertz CT molecular complexity index is 886. The van der Waals surface area contributed by atoms with Crippen molar-refractivity contribution in [1.29, 1.82) is 0 Å². The molecule has 0 spiro atoms. The zero-order chi connectivity index (χ0) is 22.3. The summed E-state index contributed by atoms with van der Waals surface area (Å²) < 4.78 is 0. The Balaban J connectivity index is 1.25. The van der Waals surface area contributed by atoms with Gasteiger partial charge in [-0.2, -0.15) is 0 Å². The SMILES string of the molecule is NC(=O)c1ccc(N2CCCCC2)c(NC(=O)CNC(=O)C23CC4CC(CC(C4)C2)C3)c1. The zero-order valence-electron chi connectivity index (χ0n) is 18.7. The second-order valence-corrected chi connectivity index (χ2v) is 10.6. The van der Waals surface area contributed by atoms with Gasteiger partial charge >= 0.3 is 0 Å². The van der Waals surface area contributed by atoms with Crippen LogP contribution in [0.5, 0.6) is 0 Å². The molecule has 172 valence electrons. The standard InChI is InChI=1S/C25H34N4O3/c26-23(31)19-4-5-21(29-6-2-1-3-7-29)20(11-19)28-22(30)15-27-24(32)25-12-16-8-17(13-25)10-18(9-16)14-25/h4-5,11,16-18H,1-3,6-10,12-15H2,(H2,26,31)(H,27,32)(H,28,30). The lowest BCUT2D eigenvalue weighted by molar-refractivity contribution is -0.146. The number of nitrogens with zero attached hydrogens (tertiary/aromatic N) is 1. The van der Waals surface area contributed by atoms with Crippen LogP contribution >= 0.6 is 0 Å². The summed E-state index contributed by atoms with van der Waals surface area (Å²) in [5, 5.41) is 5.87. The van der Waals surface area contributed by atoms with Crippen molar-refractivity contribution in [3.05, 3.63) is 23.8 Å². The highest BCUT2D eigenvalue weighted by atomic mass is 16.2. The molecule has 7 nitrogen and oxygen atoms in total. The first-order chi connectivity index (χ1) is 15.4. The molecule has 5 aliphatic rings. The van der Waals surface area contributed by atoms with Gasteiger partial charge < -0.3 is 21.3 Å². The first-order valence-electron chi connectivity index (χ1n) is 12.2. The lowest BCUT2D eigenvalue weighted by Gasteiger charge is -2.55. The predicted octanol–water partition coefficient (Wildman–Crippen LogP) is 3.05. The number of nitrogens with one attached hydrogen (secondary N) is 2. The van der Waals surface area contributed by atoms with E-state index < -0.39 is 5.91 Å². The van der Waals surface area contributed by atoms with E-state index in [1.165, 1.54) is 25.7 Å². The van der Waals surface area contributed by atoms with Gasteiger partial charge in [0.15, 0.2) is 0 Å². The fraction of sp³-hybridized carbons (Fsp3) is 0.640. The van der Waals surface area contributed by atoms with E-state index in [0.717, 1.165) is 50.9 Å². The minimum Gasteiger partial charge on any atom is -0.370 e. The minimum absolute atomic E-state index is 0.0499. The van der Waals surface area contributed by atoms with Gasteiger partial charge in [-0.15, -0.1) is 0 Å². The van der Waals surface area contributed by atoms with E-state index in [4.69, 9.17) is 5.73 Å². The molecule has 4 saturated carbocycles. The van der Waals surface area contributed by atoms with Gasteiger partial charge in [0, 0.05) is 24.1 Å². The molecular formula is C25H34N4O3. The van der Waals surface area contributed by atoms with Crippen molar-refractivity contribution in [2.75, 3.05) is 29.9 Å². The summed E-state index contributed by atoms with van der Waals surface area (Å²) in [4.78, 5) is 39.9. The monoisotopic (exact) mass is 438 g/mol. The predicted molar refractivity (Wildman–Crippen MR) is 123 cm³/mol. The largest absolute Gasteiger partial charge is 0.370 e. The van der Waals surface area contributed by atoms with Crippen LogP contribution in [0, 0.1) is 23.2 Å². The quantitative estimate of drug-likeness (QED) is 0.635. The molecule has 4 bridgehead atoms. The van der Waals surface area contributed by atoms with Gasteiger partial charge in [-0.05, 0) is 93.7 Å². The Labute approximate surface area is 189 Å². The highest BCUT2D eigenvalue weighted by Gasteiger charge is 2.54. The van der Waals surface area contributed by atoms with Crippen molar-refractivity contribution < 1.29 is 14.4 Å². The molecule has 3 amide bonds. The topological polar surface area (TPSA) is 105 Å². The highest BCUT2D eigenvalue weighted by Crippen LogP contribution is 2.60. The Kier molecular flexibility index (Phi) is 5.59. The second-order valence-electron chi connectivity index (χ2n) is 10.6. The maximum atomic E-state index is 13.2. The van der Waals surface area contributed by atoms with Crippen molar-refractivity contribution >= 4 is 29.1 Å². The van der Waals surface area contributed by atoms with Crippen LogP contribution in [-0.2, 0) is 9.59 Å². The number of rotatable bonds is 6. The Morgan fingerprint density at radius 1 is 0.969 bits per heavy atom. The number of carbonyl (C=O) groups excluding carboxylic acids is 3. The molecule has 1 heterocycles. The molecule has 7 heteroatoms. The molecule has 1 aromatic carbocycles. The summed E-state index contributed by atoms with van der Waals surface area (Å²) in [5.74, 6) is 1.30. The van der Waals surface area contributed by atoms with Crippen molar-refractivity contribution in [3.63, 3.8) is 0 Å². The number of carbonyl (C=O) groups is 3. The third-order valence-electron chi connectivity index (χ3n) is 8.18. The molecule has 1 aromatic rings. The number of hydrogen-bond acceptors (Lipinski definition) is 4. The van der Waals surface area contributed by atoms with Gasteiger partial charge in [0.1, 0.15) is 0 Å². The van der Waals surface area contributed by atoms with Crippen molar-refractivity contribution in [2.24, 2.45) is 28.9 Å². The summed E-state index contributed by atoms with van der Waals surface area (Å²) in [7, 11) is 0. The Morgan fingerprint density at radius 2 is 1.59 bits per heavy atom. The highest BCUT2D eigenvalue weighted by molar-refractivity contribution is 6.01. The van der Waals surface area contributed by atoms with Crippen molar-refractivity contribution in [3.8, 4) is 0 Å². The van der Waals surface area contributed by atoms with E-state index in [2.05, 4.69) is 15.5 Å². The van der Waals surface area contributed by atoms with E-state index in [1.54, 1.807) is 12.1 Å². The van der Waals surface area contributed by atoms with Gasteiger partial charge in [0.25, 0.3) is 0 Å². The van der Waals surface area contributed by atoms with Crippen LogP contribution in [-0.4, -0.2) is 37.4 Å². The summed E-state index contributed by atoms with van der Waals surface area (Å²) in [6.45, 7) is 1.78. The van der Waals surface area contributed by atoms with Crippen LogP contribution in [0.4, 0.5) is 11.4 Å². The van der Waals surface area contributed by atoms with E-state index in [0.29, 0.717) is 29.0 Å². The summed E-state index contributed by atoms with van der Waals surface area (Å²) in [6.07, 6.45) is 10.2. The van der Waals surface area contributed by atoms with Crippen molar-refractivity contribution in [2.45, 2.75) is 57.8 Å². The number of nitrogens with two attached hydrogens (primary N) is 1. The lowest BCUT2D eigenvalue weighted by atomic mass is 9.49. The van der Waals surface area contributed by atoms with Crippen molar-refractivity contribution in [1.82, 2.24) is 5.32 Å².